The number of carbonyl (C=O) groups excluding carboxylic acids is 1. The van der Waals surface area contributed by atoms with Crippen molar-refractivity contribution in [2.45, 2.75) is 36.0 Å². The van der Waals surface area contributed by atoms with Gasteiger partial charge in [0.05, 0.1) is 12.1 Å². The SMILES string of the molecule is NCC(=O)Nc1ccc(C(F)(F)C(F)(F)C(F)(F)F)c(B(O)O)c1C(F)(F)C(F)(F)C(F)(F)F. The summed E-state index contributed by atoms with van der Waals surface area (Å²) in [6.45, 7) is -1.22. The number of hydrogen-bond donors (Lipinski definition) is 4. The number of nitrogens with two attached hydrogens (primary N) is 1. The number of rotatable bonds is 7. The van der Waals surface area contributed by atoms with Crippen molar-refractivity contribution in [3.05, 3.63) is 23.3 Å². The monoisotopic (exact) mass is 530 g/mol. The predicted octanol–water partition coefficient (Wildman–Crippen LogP) is 2.84. The van der Waals surface area contributed by atoms with Gasteiger partial charge in [-0.1, -0.05) is 6.07 Å². The largest absolute Gasteiger partial charge is 0.489 e. The van der Waals surface area contributed by atoms with E-state index in [1.807, 2.05) is 0 Å². The number of carbonyl (C=O) groups is 1. The first-order valence-electron chi connectivity index (χ1n) is 8.08. The second-order valence-corrected chi connectivity index (χ2v) is 6.37. The van der Waals surface area contributed by atoms with Crippen molar-refractivity contribution in [1.29, 1.82) is 0 Å². The minimum Gasteiger partial charge on any atom is -0.423 e. The van der Waals surface area contributed by atoms with E-state index in [9.17, 15) is 66.3 Å². The third kappa shape index (κ3) is 4.61. The van der Waals surface area contributed by atoms with Crippen molar-refractivity contribution < 1.29 is 76.3 Å². The maximum Gasteiger partial charge on any atom is 0.489 e. The first kappa shape index (κ1) is 29.7. The topological polar surface area (TPSA) is 95.6 Å². The molecule has 0 unspecified atom stereocenters. The van der Waals surface area contributed by atoms with Crippen LogP contribution < -0.4 is 16.5 Å². The molecule has 0 bridgehead atoms. The highest BCUT2D eigenvalue weighted by Gasteiger charge is 2.77. The summed E-state index contributed by atoms with van der Waals surface area (Å²) in [7, 11) is -4.07. The molecule has 1 aromatic rings. The summed E-state index contributed by atoms with van der Waals surface area (Å²) in [6, 6.07) is -1.10. The van der Waals surface area contributed by atoms with Crippen LogP contribution in [0.15, 0.2) is 12.1 Å². The van der Waals surface area contributed by atoms with Gasteiger partial charge in [0, 0.05) is 16.7 Å². The molecule has 5 N–H and O–H groups in total. The summed E-state index contributed by atoms with van der Waals surface area (Å²) >= 11 is 0. The van der Waals surface area contributed by atoms with Gasteiger partial charge in [0.2, 0.25) is 5.91 Å². The number of benzene rings is 1. The molecular weight excluding hydrogens is 521 g/mol. The van der Waals surface area contributed by atoms with Gasteiger partial charge in [-0.2, -0.15) is 61.5 Å². The summed E-state index contributed by atoms with van der Waals surface area (Å²) in [5.74, 6) is -29.7. The van der Waals surface area contributed by atoms with Crippen LogP contribution in [0.1, 0.15) is 11.1 Å². The van der Waals surface area contributed by atoms with Gasteiger partial charge in [-0.05, 0) is 6.07 Å². The molecule has 0 saturated heterocycles. The van der Waals surface area contributed by atoms with Crippen LogP contribution in [0.5, 0.6) is 0 Å². The standard InChI is InChI=1S/C14H9BF14N2O3/c16-9(17,11(20,21)13(24,25)26)4-1-2-5(31-6(32)3-30)7(8(4)15(33)34)10(18,19)12(22,23)14(27,28)29/h1-2,33-34H,3,30H2,(H,31,32). The zero-order valence-corrected chi connectivity index (χ0v) is 15.6. The molecule has 20 heteroatoms. The van der Waals surface area contributed by atoms with E-state index in [2.05, 4.69) is 0 Å². The molecule has 0 aliphatic heterocycles. The molecule has 0 fully saturated rings. The van der Waals surface area contributed by atoms with Gasteiger partial charge in [0.25, 0.3) is 0 Å². The fourth-order valence-electron chi connectivity index (χ4n) is 2.49. The van der Waals surface area contributed by atoms with Crippen molar-refractivity contribution in [1.82, 2.24) is 0 Å². The zero-order valence-electron chi connectivity index (χ0n) is 15.6. The Morgan fingerprint density at radius 1 is 0.794 bits per heavy atom. The maximum absolute atomic E-state index is 14.4. The number of amides is 1. The summed E-state index contributed by atoms with van der Waals surface area (Å²) in [5, 5.41) is 19.4. The van der Waals surface area contributed by atoms with E-state index in [0.29, 0.717) is 0 Å². The molecular formula is C14H9BF14N2O3. The Morgan fingerprint density at radius 3 is 1.56 bits per heavy atom. The first-order valence-corrected chi connectivity index (χ1v) is 8.08. The Hall–Kier alpha value is -2.35. The highest BCUT2D eigenvalue weighted by Crippen LogP contribution is 2.55. The Bertz CT molecular complexity index is 929. The predicted molar refractivity (Wildman–Crippen MR) is 83.7 cm³/mol. The molecule has 0 heterocycles. The highest BCUT2D eigenvalue weighted by atomic mass is 19.4. The second kappa shape index (κ2) is 8.70. The minimum absolute atomic E-state index is 0.454. The molecule has 1 aromatic carbocycles. The lowest BCUT2D eigenvalue weighted by molar-refractivity contribution is -0.360. The lowest BCUT2D eigenvalue weighted by atomic mass is 9.69. The lowest BCUT2D eigenvalue weighted by Gasteiger charge is -2.34. The molecule has 0 spiro atoms. The zero-order chi connectivity index (χ0) is 27.3. The average molecular weight is 530 g/mol. The Labute approximate surface area is 178 Å². The van der Waals surface area contributed by atoms with Crippen LogP contribution in [-0.2, 0) is 16.6 Å². The number of alkyl halides is 14. The number of anilines is 1. The summed E-state index contributed by atoms with van der Waals surface area (Å²) in [4.78, 5) is 11.3. The fraction of sp³-hybridized carbons (Fsp3) is 0.500. The molecule has 0 radical (unpaired) electrons. The van der Waals surface area contributed by atoms with Crippen LogP contribution in [0.4, 0.5) is 67.2 Å². The maximum atomic E-state index is 14.4. The van der Waals surface area contributed by atoms with E-state index in [0.717, 1.165) is 5.32 Å². The Kier molecular flexibility index (Phi) is 7.60. The Morgan fingerprint density at radius 2 is 1.21 bits per heavy atom. The van der Waals surface area contributed by atoms with E-state index in [4.69, 9.17) is 15.8 Å². The third-order valence-electron chi connectivity index (χ3n) is 4.12. The molecule has 0 atom stereocenters. The van der Waals surface area contributed by atoms with Gasteiger partial charge in [0.1, 0.15) is 0 Å². The van der Waals surface area contributed by atoms with Crippen molar-refractivity contribution in [2.75, 3.05) is 11.9 Å². The summed E-state index contributed by atoms with van der Waals surface area (Å²) < 4.78 is 186. The van der Waals surface area contributed by atoms with Crippen molar-refractivity contribution in [3.63, 3.8) is 0 Å². The Balaban J connectivity index is 4.25. The summed E-state index contributed by atoms with van der Waals surface area (Å²) in [5.41, 5.74) is -6.58. The normalized spacial score (nSPS) is 14.3. The van der Waals surface area contributed by atoms with E-state index >= 15 is 0 Å². The van der Waals surface area contributed by atoms with Crippen molar-refractivity contribution in [2.24, 2.45) is 5.73 Å². The lowest BCUT2D eigenvalue weighted by Crippen LogP contribution is -2.57. The van der Waals surface area contributed by atoms with Gasteiger partial charge in [-0.15, -0.1) is 0 Å². The fourth-order valence-corrected chi connectivity index (χ4v) is 2.49. The van der Waals surface area contributed by atoms with E-state index in [-0.39, 0.29) is 0 Å². The van der Waals surface area contributed by atoms with E-state index in [1.165, 1.54) is 0 Å². The van der Waals surface area contributed by atoms with Gasteiger partial charge < -0.3 is 21.1 Å². The molecule has 1 amide bonds. The number of hydrogen-bond acceptors (Lipinski definition) is 4. The van der Waals surface area contributed by atoms with Crippen LogP contribution in [0.2, 0.25) is 0 Å². The molecule has 5 nitrogen and oxygen atoms in total. The van der Waals surface area contributed by atoms with Crippen LogP contribution in [0.3, 0.4) is 0 Å². The second-order valence-electron chi connectivity index (χ2n) is 6.37. The molecule has 34 heavy (non-hydrogen) atoms. The van der Waals surface area contributed by atoms with Gasteiger partial charge >= 0.3 is 43.2 Å². The number of halogens is 14. The van der Waals surface area contributed by atoms with E-state index in [1.54, 1.807) is 0 Å². The molecule has 194 valence electrons. The molecule has 1 rings (SSSR count). The van der Waals surface area contributed by atoms with Crippen molar-refractivity contribution >= 4 is 24.2 Å². The van der Waals surface area contributed by atoms with E-state index < -0.39 is 90.0 Å². The molecule has 0 aliphatic rings. The quantitative estimate of drug-likeness (QED) is 0.323. The average Bonchev–Trinajstić information content (AvgIpc) is 2.64. The third-order valence-corrected chi connectivity index (χ3v) is 4.12. The van der Waals surface area contributed by atoms with Gasteiger partial charge in [-0.25, -0.2) is 0 Å². The van der Waals surface area contributed by atoms with Crippen LogP contribution in [-0.4, -0.2) is 53.8 Å². The van der Waals surface area contributed by atoms with Crippen molar-refractivity contribution in [3.8, 4) is 0 Å². The minimum atomic E-state index is -7.27. The van der Waals surface area contributed by atoms with Gasteiger partial charge in [0.15, 0.2) is 0 Å². The summed E-state index contributed by atoms with van der Waals surface area (Å²) in [6.07, 6.45) is -14.4. The highest BCUT2D eigenvalue weighted by molar-refractivity contribution is 6.60. The molecule has 0 aromatic heterocycles. The van der Waals surface area contributed by atoms with Gasteiger partial charge in [-0.3, -0.25) is 4.79 Å². The van der Waals surface area contributed by atoms with Crippen LogP contribution in [0.25, 0.3) is 0 Å². The first-order chi connectivity index (χ1) is 14.9. The molecule has 0 aliphatic carbocycles. The van der Waals surface area contributed by atoms with Crippen LogP contribution in [0, 0.1) is 0 Å². The number of nitrogens with one attached hydrogen (secondary N) is 1. The van der Waals surface area contributed by atoms with Crippen LogP contribution >= 0.6 is 0 Å². The molecule has 0 saturated carbocycles. The smallest absolute Gasteiger partial charge is 0.423 e.